The van der Waals surface area contributed by atoms with Crippen molar-refractivity contribution in [2.75, 3.05) is 17.2 Å². The van der Waals surface area contributed by atoms with Gasteiger partial charge in [0.25, 0.3) is 11.8 Å². The minimum atomic E-state index is -0.344. The number of hydrogen-bond acceptors (Lipinski definition) is 4. The number of amides is 3. The summed E-state index contributed by atoms with van der Waals surface area (Å²) >= 11 is 0. The molecule has 0 atom stereocenters. The summed E-state index contributed by atoms with van der Waals surface area (Å²) in [6, 6.07) is 14.5. The third-order valence-electron chi connectivity index (χ3n) is 4.30. The van der Waals surface area contributed by atoms with Crippen LogP contribution in [-0.4, -0.2) is 29.2 Å². The van der Waals surface area contributed by atoms with Crippen molar-refractivity contribution in [3.8, 4) is 0 Å². The van der Waals surface area contributed by atoms with Crippen LogP contribution in [0.2, 0.25) is 0 Å². The first-order chi connectivity index (χ1) is 12.9. The number of likely N-dealkylation sites (N-methyl/N-ethyl adjacent to an activating group) is 1. The van der Waals surface area contributed by atoms with Crippen LogP contribution >= 0.6 is 0 Å². The summed E-state index contributed by atoms with van der Waals surface area (Å²) in [6.07, 6.45) is 0. The van der Waals surface area contributed by atoms with Crippen LogP contribution in [0.5, 0.6) is 0 Å². The standard InChI is InChI=1S/C21H21N3O3/c1-4-24-20(26)18(15-7-5-13(2)6-8-15)19(21(24)27)23-17-11-9-16(10-12-17)22-14(3)25/h5-12,23H,4H2,1-3H3,(H,22,25). The molecule has 2 N–H and O–H groups in total. The van der Waals surface area contributed by atoms with Crippen LogP contribution < -0.4 is 10.6 Å². The van der Waals surface area contributed by atoms with Crippen LogP contribution in [-0.2, 0) is 14.4 Å². The van der Waals surface area contributed by atoms with E-state index in [0.717, 1.165) is 5.56 Å². The lowest BCUT2D eigenvalue weighted by atomic mass is 10.0. The Morgan fingerprint density at radius 1 is 0.926 bits per heavy atom. The van der Waals surface area contributed by atoms with Gasteiger partial charge in [-0.3, -0.25) is 19.3 Å². The van der Waals surface area contributed by atoms with Crippen molar-refractivity contribution < 1.29 is 14.4 Å². The van der Waals surface area contributed by atoms with Gasteiger partial charge < -0.3 is 10.6 Å². The molecule has 0 unspecified atom stereocenters. The maximum atomic E-state index is 12.8. The molecule has 3 rings (SSSR count). The number of nitrogens with one attached hydrogen (secondary N) is 2. The Labute approximate surface area is 157 Å². The molecule has 27 heavy (non-hydrogen) atoms. The average molecular weight is 363 g/mol. The van der Waals surface area contributed by atoms with E-state index in [0.29, 0.717) is 29.1 Å². The van der Waals surface area contributed by atoms with Crippen LogP contribution in [0.15, 0.2) is 54.2 Å². The van der Waals surface area contributed by atoms with E-state index in [1.165, 1.54) is 11.8 Å². The number of imide groups is 1. The van der Waals surface area contributed by atoms with Crippen LogP contribution in [0.4, 0.5) is 11.4 Å². The monoisotopic (exact) mass is 363 g/mol. The van der Waals surface area contributed by atoms with Crippen molar-refractivity contribution in [3.63, 3.8) is 0 Å². The van der Waals surface area contributed by atoms with Crippen molar-refractivity contribution in [3.05, 3.63) is 65.4 Å². The van der Waals surface area contributed by atoms with Crippen molar-refractivity contribution in [2.24, 2.45) is 0 Å². The summed E-state index contributed by atoms with van der Waals surface area (Å²) < 4.78 is 0. The van der Waals surface area contributed by atoms with Gasteiger partial charge in [-0.1, -0.05) is 29.8 Å². The van der Waals surface area contributed by atoms with Crippen LogP contribution in [0.25, 0.3) is 5.57 Å². The maximum Gasteiger partial charge on any atom is 0.278 e. The van der Waals surface area contributed by atoms with E-state index >= 15 is 0 Å². The molecule has 1 aliphatic heterocycles. The van der Waals surface area contributed by atoms with E-state index in [1.54, 1.807) is 31.2 Å². The zero-order chi connectivity index (χ0) is 19.6. The van der Waals surface area contributed by atoms with Gasteiger partial charge in [-0.25, -0.2) is 0 Å². The first kappa shape index (κ1) is 18.4. The van der Waals surface area contributed by atoms with Crippen LogP contribution in [0.1, 0.15) is 25.0 Å². The Balaban J connectivity index is 1.97. The van der Waals surface area contributed by atoms with Gasteiger partial charge in [0.15, 0.2) is 0 Å². The van der Waals surface area contributed by atoms with Gasteiger partial charge >= 0.3 is 0 Å². The first-order valence-corrected chi connectivity index (χ1v) is 8.73. The first-order valence-electron chi connectivity index (χ1n) is 8.73. The molecule has 3 amide bonds. The van der Waals surface area contributed by atoms with Crippen molar-refractivity contribution >= 4 is 34.7 Å². The van der Waals surface area contributed by atoms with Crippen molar-refractivity contribution in [2.45, 2.75) is 20.8 Å². The SMILES string of the molecule is CCN1C(=O)C(Nc2ccc(NC(C)=O)cc2)=C(c2ccc(C)cc2)C1=O. The van der Waals surface area contributed by atoms with Crippen LogP contribution in [0, 0.1) is 6.92 Å². The van der Waals surface area contributed by atoms with Gasteiger partial charge in [-0.05, 0) is 43.7 Å². The molecule has 0 radical (unpaired) electrons. The highest BCUT2D eigenvalue weighted by Gasteiger charge is 2.38. The molecule has 0 saturated heterocycles. The minimum absolute atomic E-state index is 0.157. The Bertz CT molecular complexity index is 928. The summed E-state index contributed by atoms with van der Waals surface area (Å²) in [5.41, 5.74) is 3.72. The number of rotatable bonds is 5. The molecule has 0 aliphatic carbocycles. The summed E-state index contributed by atoms with van der Waals surface area (Å²) in [7, 11) is 0. The Morgan fingerprint density at radius 2 is 1.52 bits per heavy atom. The molecule has 1 aliphatic rings. The van der Waals surface area contributed by atoms with E-state index in [2.05, 4.69) is 10.6 Å². The molecule has 2 aromatic carbocycles. The van der Waals surface area contributed by atoms with Crippen molar-refractivity contribution in [1.82, 2.24) is 4.90 Å². The van der Waals surface area contributed by atoms with Gasteiger partial charge in [0, 0.05) is 24.8 Å². The summed E-state index contributed by atoms with van der Waals surface area (Å²) in [5.74, 6) is -0.803. The second-order valence-electron chi connectivity index (χ2n) is 6.35. The number of carbonyl (C=O) groups excluding carboxylic acids is 3. The highest BCUT2D eigenvalue weighted by atomic mass is 16.2. The van der Waals surface area contributed by atoms with Gasteiger partial charge in [0.05, 0.1) is 5.57 Å². The third-order valence-corrected chi connectivity index (χ3v) is 4.30. The quantitative estimate of drug-likeness (QED) is 0.800. The minimum Gasteiger partial charge on any atom is -0.350 e. The van der Waals surface area contributed by atoms with E-state index in [9.17, 15) is 14.4 Å². The predicted octanol–water partition coefficient (Wildman–Crippen LogP) is 3.17. The Kier molecular flexibility index (Phi) is 5.07. The molecule has 0 bridgehead atoms. The maximum absolute atomic E-state index is 12.8. The van der Waals surface area contributed by atoms with E-state index < -0.39 is 0 Å². The number of anilines is 2. The molecule has 6 nitrogen and oxygen atoms in total. The fourth-order valence-electron chi connectivity index (χ4n) is 2.95. The van der Waals surface area contributed by atoms with Gasteiger partial charge in [0.1, 0.15) is 5.70 Å². The van der Waals surface area contributed by atoms with Crippen molar-refractivity contribution in [1.29, 1.82) is 0 Å². The van der Waals surface area contributed by atoms with E-state index in [-0.39, 0.29) is 23.4 Å². The van der Waals surface area contributed by atoms with Gasteiger partial charge in [-0.15, -0.1) is 0 Å². The normalized spacial score (nSPS) is 14.0. The molecular formula is C21H21N3O3. The second-order valence-corrected chi connectivity index (χ2v) is 6.35. The molecule has 6 heteroatoms. The largest absolute Gasteiger partial charge is 0.350 e. The highest BCUT2D eigenvalue weighted by molar-refractivity contribution is 6.36. The zero-order valence-electron chi connectivity index (χ0n) is 15.5. The predicted molar refractivity (Wildman–Crippen MR) is 105 cm³/mol. The third kappa shape index (κ3) is 3.74. The number of carbonyl (C=O) groups is 3. The van der Waals surface area contributed by atoms with E-state index in [1.807, 2.05) is 31.2 Å². The lowest BCUT2D eigenvalue weighted by Gasteiger charge is -2.12. The average Bonchev–Trinajstić information content (AvgIpc) is 2.87. The zero-order valence-corrected chi connectivity index (χ0v) is 15.5. The number of nitrogens with zero attached hydrogens (tertiary/aromatic N) is 1. The van der Waals surface area contributed by atoms with Gasteiger partial charge in [0.2, 0.25) is 5.91 Å². The molecule has 0 saturated carbocycles. The number of benzene rings is 2. The highest BCUT2D eigenvalue weighted by Crippen LogP contribution is 2.30. The smallest absolute Gasteiger partial charge is 0.278 e. The Morgan fingerprint density at radius 3 is 2.07 bits per heavy atom. The van der Waals surface area contributed by atoms with E-state index in [4.69, 9.17) is 0 Å². The number of aryl methyl sites for hydroxylation is 1. The summed E-state index contributed by atoms with van der Waals surface area (Å²) in [4.78, 5) is 37.9. The fraction of sp³-hybridized carbons (Fsp3) is 0.190. The summed E-state index contributed by atoms with van der Waals surface area (Å²) in [6.45, 7) is 5.48. The van der Waals surface area contributed by atoms with Crippen LogP contribution in [0.3, 0.4) is 0 Å². The molecule has 0 spiro atoms. The topological polar surface area (TPSA) is 78.5 Å². The lowest BCUT2D eigenvalue weighted by Crippen LogP contribution is -2.32. The second kappa shape index (κ2) is 7.45. The lowest BCUT2D eigenvalue weighted by molar-refractivity contribution is -0.136. The molecule has 138 valence electrons. The molecule has 0 fully saturated rings. The summed E-state index contributed by atoms with van der Waals surface area (Å²) in [5, 5.41) is 5.77. The number of hydrogen-bond donors (Lipinski definition) is 2. The molecule has 2 aromatic rings. The molecule has 1 heterocycles. The Hall–Kier alpha value is -3.41. The molecular weight excluding hydrogens is 342 g/mol. The fourth-order valence-corrected chi connectivity index (χ4v) is 2.95. The molecule has 0 aromatic heterocycles. The van der Waals surface area contributed by atoms with Gasteiger partial charge in [-0.2, -0.15) is 0 Å².